The predicted molar refractivity (Wildman–Crippen MR) is 83.5 cm³/mol. The average molecular weight is 329 g/mol. The molecule has 7 heteroatoms. The predicted octanol–water partition coefficient (Wildman–Crippen LogP) is 2.31. The summed E-state index contributed by atoms with van der Waals surface area (Å²) in [6.45, 7) is 2.10. The van der Waals surface area contributed by atoms with Gasteiger partial charge in [-0.2, -0.15) is 5.10 Å². The highest BCUT2D eigenvalue weighted by Crippen LogP contribution is 2.29. The van der Waals surface area contributed by atoms with Crippen LogP contribution in [-0.2, 0) is 11.8 Å². The van der Waals surface area contributed by atoms with E-state index in [0.29, 0.717) is 11.6 Å². The first-order valence-electron chi connectivity index (χ1n) is 7.13. The second kappa shape index (κ2) is 5.99. The van der Waals surface area contributed by atoms with E-state index in [9.17, 15) is 4.79 Å². The number of piperidine rings is 1. The molecular formula is C14H18Cl2N4O. The van der Waals surface area contributed by atoms with E-state index < -0.39 is 0 Å². The molecule has 0 N–H and O–H groups in total. The molecule has 0 aliphatic carbocycles. The third kappa shape index (κ3) is 2.96. The van der Waals surface area contributed by atoms with Gasteiger partial charge in [-0.3, -0.25) is 14.4 Å². The van der Waals surface area contributed by atoms with Crippen molar-refractivity contribution in [1.82, 2.24) is 14.7 Å². The molecule has 21 heavy (non-hydrogen) atoms. The van der Waals surface area contributed by atoms with Crippen LogP contribution in [0.25, 0.3) is 0 Å². The van der Waals surface area contributed by atoms with Gasteiger partial charge in [0.15, 0.2) is 0 Å². The standard InChI is InChI=1S/C14H18Cl2N4O/c1-18-8-10(7-17-18)20-5-2-3-13(14(20)21)19-6-4-11(15)12(16)9-19/h7-8,13H,2-6,9H2,1H3. The summed E-state index contributed by atoms with van der Waals surface area (Å²) in [6.07, 6.45) is 6.19. The van der Waals surface area contributed by atoms with Crippen molar-refractivity contribution >= 4 is 34.8 Å². The van der Waals surface area contributed by atoms with E-state index in [0.717, 1.165) is 43.1 Å². The zero-order valence-corrected chi connectivity index (χ0v) is 13.4. The van der Waals surface area contributed by atoms with Crippen LogP contribution in [-0.4, -0.2) is 46.3 Å². The van der Waals surface area contributed by atoms with Gasteiger partial charge in [0.1, 0.15) is 0 Å². The molecule has 1 aromatic heterocycles. The van der Waals surface area contributed by atoms with Crippen LogP contribution >= 0.6 is 23.2 Å². The zero-order chi connectivity index (χ0) is 15.0. The fourth-order valence-corrected chi connectivity index (χ4v) is 3.38. The van der Waals surface area contributed by atoms with Gasteiger partial charge in [-0.1, -0.05) is 23.2 Å². The lowest BCUT2D eigenvalue weighted by atomic mass is 10.0. The molecule has 1 aromatic rings. The van der Waals surface area contributed by atoms with Crippen LogP contribution < -0.4 is 4.90 Å². The van der Waals surface area contributed by atoms with Gasteiger partial charge in [0.25, 0.3) is 0 Å². The van der Waals surface area contributed by atoms with Crippen molar-refractivity contribution in [1.29, 1.82) is 0 Å². The normalized spacial score (nSPS) is 24.8. The van der Waals surface area contributed by atoms with Gasteiger partial charge in [0, 0.05) is 42.9 Å². The minimum absolute atomic E-state index is 0.113. The lowest BCUT2D eigenvalue weighted by Crippen LogP contribution is -2.53. The maximum absolute atomic E-state index is 12.8. The van der Waals surface area contributed by atoms with Gasteiger partial charge in [0.2, 0.25) is 5.91 Å². The Balaban J connectivity index is 1.76. The number of halogens is 2. The van der Waals surface area contributed by atoms with Gasteiger partial charge < -0.3 is 4.90 Å². The fourth-order valence-electron chi connectivity index (χ4n) is 2.99. The second-order valence-electron chi connectivity index (χ2n) is 5.55. The molecule has 1 saturated heterocycles. The average Bonchev–Trinajstić information content (AvgIpc) is 2.89. The molecule has 114 valence electrons. The van der Waals surface area contributed by atoms with Crippen molar-refractivity contribution in [3.8, 4) is 0 Å². The van der Waals surface area contributed by atoms with Crippen molar-refractivity contribution in [2.24, 2.45) is 7.05 Å². The zero-order valence-electron chi connectivity index (χ0n) is 11.9. The molecule has 1 fully saturated rings. The molecule has 2 aliphatic rings. The van der Waals surface area contributed by atoms with E-state index in [-0.39, 0.29) is 11.9 Å². The molecular weight excluding hydrogens is 311 g/mol. The van der Waals surface area contributed by atoms with Crippen LogP contribution in [0.15, 0.2) is 22.5 Å². The number of carbonyl (C=O) groups excluding carboxylic acids is 1. The lowest BCUT2D eigenvalue weighted by Gasteiger charge is -2.39. The monoisotopic (exact) mass is 328 g/mol. The van der Waals surface area contributed by atoms with Crippen molar-refractivity contribution in [3.05, 3.63) is 22.5 Å². The summed E-state index contributed by atoms with van der Waals surface area (Å²) in [5, 5.41) is 5.53. The summed E-state index contributed by atoms with van der Waals surface area (Å²) in [5.41, 5.74) is 0.865. The fraction of sp³-hybridized carbons (Fsp3) is 0.571. The third-order valence-electron chi connectivity index (χ3n) is 4.11. The molecule has 0 saturated carbocycles. The van der Waals surface area contributed by atoms with Crippen LogP contribution in [0.5, 0.6) is 0 Å². The number of aromatic nitrogens is 2. The highest BCUT2D eigenvalue weighted by Gasteiger charge is 2.35. The van der Waals surface area contributed by atoms with Crippen LogP contribution in [0.2, 0.25) is 0 Å². The summed E-state index contributed by atoms with van der Waals surface area (Å²) >= 11 is 12.2. The van der Waals surface area contributed by atoms with Crippen LogP contribution in [0.1, 0.15) is 19.3 Å². The van der Waals surface area contributed by atoms with Crippen molar-refractivity contribution in [2.45, 2.75) is 25.3 Å². The quantitative estimate of drug-likeness (QED) is 0.836. The second-order valence-corrected chi connectivity index (χ2v) is 6.46. The van der Waals surface area contributed by atoms with Gasteiger partial charge in [-0.05, 0) is 19.3 Å². The summed E-state index contributed by atoms with van der Waals surface area (Å²) < 4.78 is 1.71. The van der Waals surface area contributed by atoms with Crippen LogP contribution in [0, 0.1) is 0 Å². The first kappa shape index (κ1) is 14.9. The Morgan fingerprint density at radius 1 is 1.29 bits per heavy atom. The largest absolute Gasteiger partial charge is 0.308 e. The maximum atomic E-state index is 12.8. The number of hydrogen-bond acceptors (Lipinski definition) is 3. The Morgan fingerprint density at radius 2 is 2.10 bits per heavy atom. The summed E-state index contributed by atoms with van der Waals surface area (Å²) in [5.74, 6) is 0.136. The van der Waals surface area contributed by atoms with Gasteiger partial charge in [-0.15, -0.1) is 0 Å². The maximum Gasteiger partial charge on any atom is 0.244 e. The Labute approximate surface area is 134 Å². The number of amides is 1. The number of nitrogens with zero attached hydrogens (tertiary/aromatic N) is 4. The van der Waals surface area contributed by atoms with E-state index in [1.807, 2.05) is 18.1 Å². The molecule has 5 nitrogen and oxygen atoms in total. The molecule has 3 rings (SSSR count). The van der Waals surface area contributed by atoms with E-state index in [4.69, 9.17) is 23.2 Å². The number of aryl methyl sites for hydroxylation is 1. The highest BCUT2D eigenvalue weighted by molar-refractivity contribution is 6.39. The molecule has 0 aromatic carbocycles. The lowest BCUT2D eigenvalue weighted by molar-refractivity contribution is -0.125. The van der Waals surface area contributed by atoms with Gasteiger partial charge >= 0.3 is 0 Å². The van der Waals surface area contributed by atoms with Crippen LogP contribution in [0.3, 0.4) is 0 Å². The smallest absolute Gasteiger partial charge is 0.244 e. The Bertz CT molecular complexity index is 583. The molecule has 0 bridgehead atoms. The molecule has 3 heterocycles. The number of rotatable bonds is 2. The number of carbonyl (C=O) groups is 1. The molecule has 0 spiro atoms. The molecule has 1 amide bonds. The first-order valence-corrected chi connectivity index (χ1v) is 7.89. The molecule has 1 unspecified atom stereocenters. The van der Waals surface area contributed by atoms with Gasteiger partial charge in [0.05, 0.1) is 17.9 Å². The number of hydrogen-bond donors (Lipinski definition) is 0. The minimum Gasteiger partial charge on any atom is -0.308 e. The summed E-state index contributed by atoms with van der Waals surface area (Å²) in [7, 11) is 1.85. The minimum atomic E-state index is -0.113. The third-order valence-corrected chi connectivity index (χ3v) is 4.97. The Hall–Kier alpha value is -1.04. The Morgan fingerprint density at radius 3 is 2.76 bits per heavy atom. The SMILES string of the molecule is Cn1cc(N2CCCC(N3CCC(Cl)=C(Cl)C3)C2=O)cn1. The number of anilines is 1. The highest BCUT2D eigenvalue weighted by atomic mass is 35.5. The molecule has 2 aliphatic heterocycles. The van der Waals surface area contributed by atoms with E-state index >= 15 is 0 Å². The van der Waals surface area contributed by atoms with Crippen LogP contribution in [0.4, 0.5) is 5.69 Å². The van der Waals surface area contributed by atoms with Crippen molar-refractivity contribution < 1.29 is 4.79 Å². The first-order chi connectivity index (χ1) is 10.1. The van der Waals surface area contributed by atoms with Crippen molar-refractivity contribution in [2.75, 3.05) is 24.5 Å². The van der Waals surface area contributed by atoms with E-state index in [1.165, 1.54) is 0 Å². The summed E-state index contributed by atoms with van der Waals surface area (Å²) in [4.78, 5) is 16.7. The van der Waals surface area contributed by atoms with Gasteiger partial charge in [-0.25, -0.2) is 0 Å². The summed E-state index contributed by atoms with van der Waals surface area (Å²) in [6, 6.07) is -0.113. The van der Waals surface area contributed by atoms with Crippen molar-refractivity contribution in [3.63, 3.8) is 0 Å². The topological polar surface area (TPSA) is 41.4 Å². The molecule has 1 atom stereocenters. The Kier molecular flexibility index (Phi) is 4.24. The van der Waals surface area contributed by atoms with E-state index in [1.54, 1.807) is 10.9 Å². The van der Waals surface area contributed by atoms with E-state index in [2.05, 4.69) is 10.00 Å². The molecule has 0 radical (unpaired) electrons.